The molecule has 0 unspecified atom stereocenters. The molecule has 1 N–H and O–H groups in total. The van der Waals surface area contributed by atoms with Crippen LogP contribution in [-0.2, 0) is 4.79 Å². The lowest BCUT2D eigenvalue weighted by molar-refractivity contribution is -0.131. The number of hydrogen-bond acceptors (Lipinski definition) is 5. The second kappa shape index (κ2) is 9.50. The van der Waals surface area contributed by atoms with Crippen molar-refractivity contribution in [3.8, 4) is 17.7 Å². The van der Waals surface area contributed by atoms with E-state index < -0.39 is 0 Å². The number of aliphatic hydroxyl groups is 1. The SMILES string of the molecule is C[C@H](CO)N1C[C@H](C)[C@@H](CN(C)C(=O)CC2CC2)Oc2ncc(C#CC3CC3)cc2C1=O. The van der Waals surface area contributed by atoms with Gasteiger partial charge in [-0.3, -0.25) is 9.59 Å². The number of fused-ring (bicyclic) bond motifs is 1. The van der Waals surface area contributed by atoms with E-state index in [-0.39, 0.29) is 42.4 Å². The van der Waals surface area contributed by atoms with E-state index in [0.717, 1.165) is 25.7 Å². The van der Waals surface area contributed by atoms with Crippen molar-refractivity contribution in [3.05, 3.63) is 23.4 Å². The average molecular weight is 440 g/mol. The zero-order valence-electron chi connectivity index (χ0n) is 19.2. The van der Waals surface area contributed by atoms with Gasteiger partial charge in [0.05, 0.1) is 19.2 Å². The minimum atomic E-state index is -0.341. The molecule has 3 atom stereocenters. The van der Waals surface area contributed by atoms with E-state index in [1.54, 1.807) is 22.1 Å². The fraction of sp³-hybridized carbons (Fsp3) is 0.640. The highest BCUT2D eigenvalue weighted by Crippen LogP contribution is 2.33. The number of carbonyl (C=O) groups excluding carboxylic acids is 2. The minimum absolute atomic E-state index is 0.0478. The van der Waals surface area contributed by atoms with Crippen molar-refractivity contribution in [1.29, 1.82) is 0 Å². The van der Waals surface area contributed by atoms with Gasteiger partial charge in [0.2, 0.25) is 11.8 Å². The molecule has 1 aliphatic heterocycles. The quantitative estimate of drug-likeness (QED) is 0.688. The van der Waals surface area contributed by atoms with Crippen LogP contribution in [0.25, 0.3) is 0 Å². The maximum atomic E-state index is 13.4. The second-order valence-electron chi connectivity index (χ2n) is 9.66. The standard InChI is InChI=1S/C25H33N3O4/c1-16-13-28(17(2)15-29)25(31)21-10-20(9-6-18-4-5-18)12-26-24(21)32-22(16)14-27(3)23(30)11-19-7-8-19/h10,12,16-19,22,29H,4-5,7-8,11,13-15H2,1-3H3/t16-,17+,22+/m0/s1. The number of aliphatic hydroxyl groups excluding tert-OH is 1. The van der Waals surface area contributed by atoms with Crippen LogP contribution in [0.3, 0.4) is 0 Å². The van der Waals surface area contributed by atoms with Gasteiger partial charge in [-0.2, -0.15) is 0 Å². The van der Waals surface area contributed by atoms with Crippen LogP contribution >= 0.6 is 0 Å². The average Bonchev–Trinajstić information content (AvgIpc) is 3.70. The highest BCUT2D eigenvalue weighted by atomic mass is 16.5. The molecule has 0 radical (unpaired) electrons. The summed E-state index contributed by atoms with van der Waals surface area (Å²) in [5.41, 5.74) is 1.04. The third kappa shape index (κ3) is 5.42. The summed E-state index contributed by atoms with van der Waals surface area (Å²) in [6.07, 6.45) is 6.43. The van der Waals surface area contributed by atoms with Crippen LogP contribution in [0.2, 0.25) is 0 Å². The Morgan fingerprint density at radius 1 is 1.38 bits per heavy atom. The fourth-order valence-electron chi connectivity index (χ4n) is 3.90. The van der Waals surface area contributed by atoms with Gasteiger partial charge in [-0.25, -0.2) is 4.98 Å². The molecule has 4 rings (SSSR count). The summed E-state index contributed by atoms with van der Waals surface area (Å²) >= 11 is 0. The molecule has 2 aliphatic carbocycles. The molecule has 3 aliphatic rings. The number of ether oxygens (including phenoxy) is 1. The molecule has 7 nitrogen and oxygen atoms in total. The highest BCUT2D eigenvalue weighted by Gasteiger charge is 2.35. The Morgan fingerprint density at radius 3 is 2.78 bits per heavy atom. The molecule has 2 saturated carbocycles. The predicted octanol–water partition coefficient (Wildman–Crippen LogP) is 2.32. The van der Waals surface area contributed by atoms with E-state index in [1.807, 2.05) is 20.9 Å². The molecule has 0 bridgehead atoms. The van der Waals surface area contributed by atoms with Gasteiger partial charge in [0.15, 0.2) is 0 Å². The van der Waals surface area contributed by atoms with Gasteiger partial charge < -0.3 is 19.6 Å². The molecule has 2 amide bonds. The monoisotopic (exact) mass is 439 g/mol. The van der Waals surface area contributed by atoms with Crippen molar-refractivity contribution in [3.63, 3.8) is 0 Å². The summed E-state index contributed by atoms with van der Waals surface area (Å²) in [6, 6.07) is 1.40. The van der Waals surface area contributed by atoms with Gasteiger partial charge in [-0.15, -0.1) is 0 Å². The normalized spacial score (nSPS) is 23.8. The van der Waals surface area contributed by atoms with Crippen LogP contribution in [0.5, 0.6) is 5.88 Å². The van der Waals surface area contributed by atoms with E-state index in [1.165, 1.54) is 0 Å². The molecular formula is C25H33N3O4. The molecule has 7 heteroatoms. The first-order valence-corrected chi connectivity index (χ1v) is 11.7. The Labute approximate surface area is 190 Å². The molecule has 1 aromatic rings. The summed E-state index contributed by atoms with van der Waals surface area (Å²) < 4.78 is 6.25. The van der Waals surface area contributed by atoms with Crippen LogP contribution in [0.4, 0.5) is 0 Å². The van der Waals surface area contributed by atoms with Crippen molar-refractivity contribution in [2.75, 3.05) is 26.7 Å². The van der Waals surface area contributed by atoms with E-state index >= 15 is 0 Å². The predicted molar refractivity (Wildman–Crippen MR) is 120 cm³/mol. The molecule has 0 spiro atoms. The third-order valence-electron chi connectivity index (χ3n) is 6.56. The van der Waals surface area contributed by atoms with Gasteiger partial charge in [0.25, 0.3) is 5.91 Å². The molecule has 2 heterocycles. The topological polar surface area (TPSA) is 83.0 Å². The lowest BCUT2D eigenvalue weighted by Gasteiger charge is -2.37. The van der Waals surface area contributed by atoms with Gasteiger partial charge in [-0.1, -0.05) is 18.8 Å². The number of hydrogen-bond donors (Lipinski definition) is 1. The number of amides is 2. The number of aromatic nitrogens is 1. The Bertz CT molecular complexity index is 929. The summed E-state index contributed by atoms with van der Waals surface area (Å²) in [7, 11) is 1.81. The zero-order valence-corrected chi connectivity index (χ0v) is 19.2. The van der Waals surface area contributed by atoms with Gasteiger partial charge in [0.1, 0.15) is 11.7 Å². The van der Waals surface area contributed by atoms with Crippen molar-refractivity contribution in [2.24, 2.45) is 17.8 Å². The number of likely N-dealkylation sites (N-methyl/N-ethyl adjacent to an activating group) is 1. The molecule has 2 fully saturated rings. The number of nitrogens with zero attached hydrogens (tertiary/aromatic N) is 3. The van der Waals surface area contributed by atoms with Crippen molar-refractivity contribution in [1.82, 2.24) is 14.8 Å². The first-order valence-electron chi connectivity index (χ1n) is 11.7. The molecular weight excluding hydrogens is 406 g/mol. The van der Waals surface area contributed by atoms with Crippen LogP contribution < -0.4 is 4.74 Å². The molecule has 32 heavy (non-hydrogen) atoms. The molecule has 0 saturated heterocycles. The Kier molecular flexibility index (Phi) is 6.71. The first-order chi connectivity index (χ1) is 15.4. The van der Waals surface area contributed by atoms with Crippen molar-refractivity contribution < 1.29 is 19.4 Å². The molecule has 1 aromatic heterocycles. The van der Waals surface area contributed by atoms with E-state index in [2.05, 4.69) is 16.8 Å². The lowest BCUT2D eigenvalue weighted by atomic mass is 9.99. The maximum Gasteiger partial charge on any atom is 0.259 e. The Balaban J connectivity index is 1.60. The summed E-state index contributed by atoms with van der Waals surface area (Å²) in [4.78, 5) is 33.8. The number of rotatable bonds is 6. The van der Waals surface area contributed by atoms with Crippen molar-refractivity contribution in [2.45, 2.75) is 58.1 Å². The number of carbonyl (C=O) groups is 2. The van der Waals surface area contributed by atoms with Gasteiger partial charge >= 0.3 is 0 Å². The summed E-state index contributed by atoms with van der Waals surface area (Å²) in [5.74, 6) is 7.43. The highest BCUT2D eigenvalue weighted by molar-refractivity contribution is 5.97. The molecule has 172 valence electrons. The van der Waals surface area contributed by atoms with E-state index in [9.17, 15) is 14.7 Å². The van der Waals surface area contributed by atoms with Crippen LogP contribution in [0.1, 0.15) is 61.9 Å². The second-order valence-corrected chi connectivity index (χ2v) is 9.66. The van der Waals surface area contributed by atoms with Crippen LogP contribution in [0, 0.1) is 29.6 Å². The fourth-order valence-corrected chi connectivity index (χ4v) is 3.90. The summed E-state index contributed by atoms with van der Waals surface area (Å²) in [5, 5.41) is 9.77. The molecule has 0 aromatic carbocycles. The van der Waals surface area contributed by atoms with E-state index in [4.69, 9.17) is 4.74 Å². The van der Waals surface area contributed by atoms with Crippen LogP contribution in [0.15, 0.2) is 12.3 Å². The zero-order chi connectivity index (χ0) is 22.8. The Morgan fingerprint density at radius 2 is 2.12 bits per heavy atom. The van der Waals surface area contributed by atoms with E-state index in [0.29, 0.717) is 42.5 Å². The van der Waals surface area contributed by atoms with Crippen LogP contribution in [-0.4, -0.2) is 70.6 Å². The minimum Gasteiger partial charge on any atom is -0.472 e. The first kappa shape index (κ1) is 22.6. The van der Waals surface area contributed by atoms with Gasteiger partial charge in [0, 0.05) is 43.6 Å². The summed E-state index contributed by atoms with van der Waals surface area (Å²) in [6.45, 7) is 4.56. The smallest absolute Gasteiger partial charge is 0.259 e. The largest absolute Gasteiger partial charge is 0.472 e. The van der Waals surface area contributed by atoms with Gasteiger partial charge in [-0.05, 0) is 44.6 Å². The third-order valence-corrected chi connectivity index (χ3v) is 6.56. The Hall–Kier alpha value is -2.59. The number of pyridine rings is 1. The lowest BCUT2D eigenvalue weighted by Crippen LogP contribution is -2.50. The maximum absolute atomic E-state index is 13.4. The van der Waals surface area contributed by atoms with Crippen molar-refractivity contribution >= 4 is 11.8 Å².